The number of likely N-dealkylation sites (N-methyl/N-ethyl adjacent to an activating group) is 1. The van der Waals surface area contributed by atoms with Crippen LogP contribution in [0.15, 0.2) is 22.3 Å². The fraction of sp³-hybridized carbons (Fsp3) is 0.571. The highest BCUT2D eigenvalue weighted by molar-refractivity contribution is 5.98. The van der Waals surface area contributed by atoms with E-state index in [1.807, 2.05) is 19.2 Å². The van der Waals surface area contributed by atoms with Crippen LogP contribution in [0.3, 0.4) is 0 Å². The Hall–Kier alpha value is -2.20. The van der Waals surface area contributed by atoms with E-state index in [9.17, 15) is 4.79 Å². The molecule has 7 heteroatoms. The zero-order valence-corrected chi connectivity index (χ0v) is 11.9. The second-order valence-electron chi connectivity index (χ2n) is 5.50. The molecule has 0 aromatic rings. The molecule has 0 saturated carbocycles. The van der Waals surface area contributed by atoms with E-state index in [4.69, 9.17) is 5.26 Å². The van der Waals surface area contributed by atoms with Crippen molar-refractivity contribution in [3.8, 4) is 6.07 Å². The zero-order valence-electron chi connectivity index (χ0n) is 11.9. The number of amides is 1. The van der Waals surface area contributed by atoms with Crippen LogP contribution < -0.4 is 5.32 Å². The number of nitriles is 1. The van der Waals surface area contributed by atoms with E-state index in [1.54, 1.807) is 17.4 Å². The van der Waals surface area contributed by atoms with Crippen molar-refractivity contribution in [1.29, 1.82) is 5.26 Å². The summed E-state index contributed by atoms with van der Waals surface area (Å²) in [5.74, 6) is 1.01. The molecule has 1 N–H and O–H groups in total. The third kappa shape index (κ3) is 2.54. The molecule has 3 heterocycles. The number of amidine groups is 1. The molecule has 2 unspecified atom stereocenters. The van der Waals surface area contributed by atoms with E-state index in [-0.39, 0.29) is 30.5 Å². The summed E-state index contributed by atoms with van der Waals surface area (Å²) in [6, 6.07) is 2.19. The second kappa shape index (κ2) is 5.66. The molecule has 3 aliphatic heterocycles. The lowest BCUT2D eigenvalue weighted by Gasteiger charge is -2.35. The molecule has 3 rings (SSSR count). The van der Waals surface area contributed by atoms with Gasteiger partial charge in [-0.25, -0.2) is 4.99 Å². The van der Waals surface area contributed by atoms with E-state index in [2.05, 4.69) is 20.2 Å². The van der Waals surface area contributed by atoms with Crippen LogP contribution in [-0.4, -0.2) is 60.2 Å². The Bertz CT molecular complexity index is 560. The van der Waals surface area contributed by atoms with Crippen molar-refractivity contribution in [2.45, 2.75) is 25.0 Å². The number of hydrogen-bond donors (Lipinski definition) is 1. The van der Waals surface area contributed by atoms with Crippen LogP contribution in [0.4, 0.5) is 0 Å². The summed E-state index contributed by atoms with van der Waals surface area (Å²) in [7, 11) is 2.04. The lowest BCUT2D eigenvalue weighted by atomic mass is 10.0. The average molecular weight is 286 g/mol. The maximum atomic E-state index is 11.8. The van der Waals surface area contributed by atoms with Gasteiger partial charge < -0.3 is 10.2 Å². The van der Waals surface area contributed by atoms with E-state index in [0.717, 1.165) is 12.3 Å². The minimum Gasteiger partial charge on any atom is -0.340 e. The monoisotopic (exact) mass is 286 g/mol. The molecule has 7 nitrogen and oxygen atoms in total. The van der Waals surface area contributed by atoms with E-state index in [0.29, 0.717) is 13.1 Å². The first-order valence-corrected chi connectivity index (χ1v) is 7.10. The van der Waals surface area contributed by atoms with Gasteiger partial charge in [-0.2, -0.15) is 5.26 Å². The summed E-state index contributed by atoms with van der Waals surface area (Å²) in [5, 5.41) is 11.7. The molecule has 0 aromatic heterocycles. The summed E-state index contributed by atoms with van der Waals surface area (Å²) >= 11 is 0. The van der Waals surface area contributed by atoms with Gasteiger partial charge in [0.15, 0.2) is 0 Å². The molecule has 21 heavy (non-hydrogen) atoms. The molecule has 110 valence electrons. The molecule has 0 spiro atoms. The van der Waals surface area contributed by atoms with E-state index in [1.165, 1.54) is 0 Å². The van der Waals surface area contributed by atoms with Crippen molar-refractivity contribution in [3.05, 3.63) is 12.3 Å². The fourth-order valence-electron chi connectivity index (χ4n) is 3.09. The van der Waals surface area contributed by atoms with Gasteiger partial charge in [0.2, 0.25) is 5.91 Å². The predicted octanol–water partition coefficient (Wildman–Crippen LogP) is -0.0676. The summed E-state index contributed by atoms with van der Waals surface area (Å²) in [6.45, 7) is 1.38. The Kier molecular flexibility index (Phi) is 3.71. The Balaban J connectivity index is 1.65. The number of carbonyl (C=O) groups is 1. The number of carbonyl (C=O) groups excluding carboxylic acids is 1. The van der Waals surface area contributed by atoms with Crippen LogP contribution in [0.25, 0.3) is 0 Å². The normalized spacial score (nSPS) is 30.0. The van der Waals surface area contributed by atoms with Crippen LogP contribution in [0, 0.1) is 17.2 Å². The smallest absolute Gasteiger partial charge is 0.236 e. The van der Waals surface area contributed by atoms with Gasteiger partial charge in [0, 0.05) is 25.3 Å². The molecule has 1 saturated heterocycles. The number of likely N-dealkylation sites (tertiary alicyclic amines) is 1. The van der Waals surface area contributed by atoms with Gasteiger partial charge in [0.05, 0.1) is 18.3 Å². The maximum absolute atomic E-state index is 11.8. The molecular weight excluding hydrogens is 268 g/mol. The Morgan fingerprint density at radius 1 is 1.67 bits per heavy atom. The molecule has 1 amide bonds. The van der Waals surface area contributed by atoms with Crippen molar-refractivity contribution in [2.24, 2.45) is 15.9 Å². The van der Waals surface area contributed by atoms with Crippen LogP contribution in [0.5, 0.6) is 0 Å². The van der Waals surface area contributed by atoms with Crippen LogP contribution in [0.1, 0.15) is 12.8 Å². The van der Waals surface area contributed by atoms with Crippen molar-refractivity contribution < 1.29 is 4.79 Å². The number of aliphatic imine (C=N–C) groups is 2. The minimum absolute atomic E-state index is 0.0137. The molecule has 0 aliphatic carbocycles. The maximum Gasteiger partial charge on any atom is 0.236 e. The van der Waals surface area contributed by atoms with Gasteiger partial charge in [0.25, 0.3) is 0 Å². The van der Waals surface area contributed by atoms with Gasteiger partial charge >= 0.3 is 0 Å². The fourth-order valence-corrected chi connectivity index (χ4v) is 3.09. The zero-order chi connectivity index (χ0) is 14.8. The van der Waals surface area contributed by atoms with Gasteiger partial charge in [-0.3, -0.25) is 14.7 Å². The standard InChI is InChI=1S/C14H18N6O/c1-19(10-4-7-20(8-10)12(21)2-5-15)14-11-3-6-16-13(11)17-9-18-14/h3,6,9-11,14H,2,4,7-8H2,1H3,(H,16,17,18)/t10-,11?,14?/m1/s1. The molecule has 0 aromatic carbocycles. The van der Waals surface area contributed by atoms with Crippen molar-refractivity contribution in [2.75, 3.05) is 20.1 Å². The lowest BCUT2D eigenvalue weighted by Crippen LogP contribution is -2.50. The van der Waals surface area contributed by atoms with Crippen LogP contribution >= 0.6 is 0 Å². The Morgan fingerprint density at radius 2 is 2.52 bits per heavy atom. The first-order valence-electron chi connectivity index (χ1n) is 7.10. The van der Waals surface area contributed by atoms with Gasteiger partial charge in [-0.1, -0.05) is 6.08 Å². The third-order valence-electron chi connectivity index (χ3n) is 4.32. The Labute approximate surface area is 123 Å². The predicted molar refractivity (Wildman–Crippen MR) is 78.5 cm³/mol. The van der Waals surface area contributed by atoms with Crippen molar-refractivity contribution in [1.82, 2.24) is 15.1 Å². The quantitative estimate of drug-likeness (QED) is 0.787. The molecular formula is C14H18N6O. The van der Waals surface area contributed by atoms with Gasteiger partial charge in [0.1, 0.15) is 18.4 Å². The van der Waals surface area contributed by atoms with Gasteiger partial charge in [-0.05, 0) is 13.5 Å². The summed E-state index contributed by atoms with van der Waals surface area (Å²) in [6.07, 6.45) is 6.43. The number of nitrogens with zero attached hydrogens (tertiary/aromatic N) is 5. The first-order chi connectivity index (χ1) is 10.2. The van der Waals surface area contributed by atoms with Gasteiger partial charge in [-0.15, -0.1) is 0 Å². The summed E-state index contributed by atoms with van der Waals surface area (Å²) < 4.78 is 0. The lowest BCUT2D eigenvalue weighted by molar-refractivity contribution is -0.129. The number of rotatable bonds is 3. The van der Waals surface area contributed by atoms with Crippen LogP contribution in [-0.2, 0) is 4.79 Å². The van der Waals surface area contributed by atoms with E-state index < -0.39 is 0 Å². The topological polar surface area (TPSA) is 84.1 Å². The number of hydrogen-bond acceptors (Lipinski definition) is 6. The number of fused-ring (bicyclic) bond motifs is 1. The largest absolute Gasteiger partial charge is 0.340 e. The SMILES string of the molecule is CN(C1N=CNC2=NC=CC21)[C@@H]1CCN(C(=O)CC#N)C1. The molecule has 0 radical (unpaired) electrons. The van der Waals surface area contributed by atoms with E-state index >= 15 is 0 Å². The minimum atomic E-state index is -0.0785. The van der Waals surface area contributed by atoms with Crippen molar-refractivity contribution >= 4 is 18.1 Å². The highest BCUT2D eigenvalue weighted by Gasteiger charge is 2.37. The second-order valence-corrected chi connectivity index (χ2v) is 5.50. The highest BCUT2D eigenvalue weighted by Crippen LogP contribution is 2.25. The molecule has 3 aliphatic rings. The molecule has 3 atom stereocenters. The molecule has 1 fully saturated rings. The molecule has 0 bridgehead atoms. The Morgan fingerprint density at radius 3 is 3.33 bits per heavy atom. The average Bonchev–Trinajstić information content (AvgIpc) is 3.15. The first kappa shape index (κ1) is 13.8. The highest BCUT2D eigenvalue weighted by atomic mass is 16.2. The summed E-state index contributed by atoms with van der Waals surface area (Å²) in [5.41, 5.74) is 0. The van der Waals surface area contributed by atoms with Crippen LogP contribution in [0.2, 0.25) is 0 Å². The summed E-state index contributed by atoms with van der Waals surface area (Å²) in [4.78, 5) is 24.6. The number of nitrogens with one attached hydrogen (secondary N) is 1. The third-order valence-corrected chi connectivity index (χ3v) is 4.32. The van der Waals surface area contributed by atoms with Crippen molar-refractivity contribution in [3.63, 3.8) is 0 Å².